The lowest BCUT2D eigenvalue weighted by atomic mass is 9.99. The van der Waals surface area contributed by atoms with E-state index >= 15 is 0 Å². The number of carbonyl (C=O) groups excluding carboxylic acids is 1. The third-order valence-corrected chi connectivity index (χ3v) is 11.8. The van der Waals surface area contributed by atoms with Crippen LogP contribution in [0, 0.1) is 0 Å². The Morgan fingerprint density at radius 2 is 0.924 bits per heavy atom. The zero-order chi connectivity index (χ0) is 47.8. The highest BCUT2D eigenvalue weighted by molar-refractivity contribution is 5.69. The van der Waals surface area contributed by atoms with Crippen molar-refractivity contribution in [2.75, 3.05) is 26.4 Å². The third kappa shape index (κ3) is 37.4. The zero-order valence-electron chi connectivity index (χ0n) is 41.9. The molecule has 0 amide bonds. The number of rotatable bonds is 45. The van der Waals surface area contributed by atoms with Gasteiger partial charge in [-0.25, -0.2) is 0 Å². The van der Waals surface area contributed by atoms with E-state index in [1.165, 1.54) is 103 Å². The van der Waals surface area contributed by atoms with Crippen molar-refractivity contribution in [2.45, 2.75) is 243 Å². The average Bonchev–Trinajstić information content (AvgIpc) is 3.32. The fourth-order valence-electron chi connectivity index (χ4n) is 7.71. The van der Waals surface area contributed by atoms with Crippen molar-refractivity contribution in [2.24, 2.45) is 0 Å². The first-order chi connectivity index (χ1) is 32.4. The molecule has 0 radical (unpaired) electrons. The van der Waals surface area contributed by atoms with Crippen LogP contribution in [0.1, 0.15) is 206 Å². The highest BCUT2D eigenvalue weighted by Gasteiger charge is 2.44. The van der Waals surface area contributed by atoms with E-state index in [4.69, 9.17) is 18.9 Å². The molecule has 66 heavy (non-hydrogen) atoms. The van der Waals surface area contributed by atoms with Gasteiger partial charge in [-0.1, -0.05) is 214 Å². The second-order valence-corrected chi connectivity index (χ2v) is 17.9. The second kappa shape index (κ2) is 47.4. The van der Waals surface area contributed by atoms with Crippen molar-refractivity contribution in [3.8, 4) is 0 Å². The number of ether oxygens (including phenoxy) is 4. The van der Waals surface area contributed by atoms with Crippen LogP contribution >= 0.6 is 0 Å². The van der Waals surface area contributed by atoms with Gasteiger partial charge in [0, 0.05) is 13.0 Å². The van der Waals surface area contributed by atoms with Gasteiger partial charge in [-0.15, -0.1) is 0 Å². The van der Waals surface area contributed by atoms with E-state index in [-0.39, 0.29) is 19.2 Å². The van der Waals surface area contributed by atoms with E-state index in [1.54, 1.807) is 0 Å². The molecule has 9 nitrogen and oxygen atoms in total. The minimum atomic E-state index is -1.55. The van der Waals surface area contributed by atoms with Gasteiger partial charge in [-0.3, -0.25) is 4.79 Å². The van der Waals surface area contributed by atoms with Crippen molar-refractivity contribution in [3.63, 3.8) is 0 Å². The molecule has 0 bridgehead atoms. The summed E-state index contributed by atoms with van der Waals surface area (Å²) in [6.45, 7) is 4.35. The molecule has 0 aromatic carbocycles. The molecule has 1 heterocycles. The zero-order valence-corrected chi connectivity index (χ0v) is 41.9. The van der Waals surface area contributed by atoms with Crippen LogP contribution in [0.4, 0.5) is 0 Å². The lowest BCUT2D eigenvalue weighted by Crippen LogP contribution is -2.59. The Labute approximate surface area is 403 Å². The molecule has 0 saturated carbocycles. The molecule has 4 N–H and O–H groups in total. The Hall–Kier alpha value is -2.63. The summed E-state index contributed by atoms with van der Waals surface area (Å²) in [6.07, 6.45) is 57.7. The van der Waals surface area contributed by atoms with Crippen molar-refractivity contribution in [1.29, 1.82) is 0 Å². The van der Waals surface area contributed by atoms with Crippen LogP contribution in [0.2, 0.25) is 0 Å². The van der Waals surface area contributed by atoms with Crippen LogP contribution in [0.3, 0.4) is 0 Å². The Bertz CT molecular complexity index is 1280. The maximum absolute atomic E-state index is 12.8. The highest BCUT2D eigenvalue weighted by atomic mass is 16.7. The maximum atomic E-state index is 12.8. The lowest BCUT2D eigenvalue weighted by Gasteiger charge is -2.39. The minimum Gasteiger partial charge on any atom is -0.457 e. The first kappa shape index (κ1) is 61.4. The topological polar surface area (TPSA) is 135 Å². The van der Waals surface area contributed by atoms with Gasteiger partial charge in [-0.05, 0) is 70.6 Å². The summed E-state index contributed by atoms with van der Waals surface area (Å²) >= 11 is 0. The van der Waals surface area contributed by atoms with Gasteiger partial charge in [-0.2, -0.15) is 0 Å². The summed E-state index contributed by atoms with van der Waals surface area (Å²) in [5.74, 6) is -0.329. The largest absolute Gasteiger partial charge is 0.457 e. The standard InChI is InChI=1S/C57H98O9/c1-3-5-7-9-11-13-15-17-19-21-23-24-25-26-27-29-31-33-35-37-39-41-43-45-47-63-49-51(50-64-57-56(62)55(61)54(60)52(48-58)66-57)65-53(59)46-44-42-40-38-36-34-32-30-28-22-20-18-16-14-12-10-8-6-4-2/h5,7,11,13,17,19,23-24,26-27,31,33,37,39,51-52,54-58,60-62H,3-4,6,8-10,12,14-16,18,20-22,25,28-30,32,34-36,38,40-50H2,1-2H3/b7-5-,13-11-,19-17-,24-23-,27-26-,33-31-,39-37-. The van der Waals surface area contributed by atoms with E-state index in [0.717, 1.165) is 83.5 Å². The van der Waals surface area contributed by atoms with E-state index in [9.17, 15) is 25.2 Å². The fraction of sp³-hybridized carbons (Fsp3) is 0.737. The third-order valence-electron chi connectivity index (χ3n) is 11.8. The van der Waals surface area contributed by atoms with E-state index in [1.807, 2.05) is 0 Å². The van der Waals surface area contributed by atoms with Gasteiger partial charge < -0.3 is 39.4 Å². The molecule has 6 unspecified atom stereocenters. The average molecular weight is 927 g/mol. The molecular weight excluding hydrogens is 829 g/mol. The summed E-state index contributed by atoms with van der Waals surface area (Å²) in [5.41, 5.74) is 0. The fourth-order valence-corrected chi connectivity index (χ4v) is 7.71. The molecule has 0 aromatic heterocycles. The quantitative estimate of drug-likeness (QED) is 0.0267. The van der Waals surface area contributed by atoms with E-state index in [0.29, 0.717) is 13.0 Å². The predicted molar refractivity (Wildman–Crippen MR) is 274 cm³/mol. The predicted octanol–water partition coefficient (Wildman–Crippen LogP) is 13.4. The summed E-state index contributed by atoms with van der Waals surface area (Å²) in [7, 11) is 0. The van der Waals surface area contributed by atoms with Crippen molar-refractivity contribution >= 4 is 5.97 Å². The summed E-state index contributed by atoms with van der Waals surface area (Å²) in [6, 6.07) is 0. The molecule has 1 aliphatic rings. The van der Waals surface area contributed by atoms with Crippen LogP contribution in [0.5, 0.6) is 0 Å². The van der Waals surface area contributed by atoms with E-state index < -0.39 is 43.4 Å². The highest BCUT2D eigenvalue weighted by Crippen LogP contribution is 2.23. The number of hydrogen-bond acceptors (Lipinski definition) is 9. The molecule has 0 spiro atoms. The van der Waals surface area contributed by atoms with Crippen LogP contribution in [0.25, 0.3) is 0 Å². The number of esters is 1. The van der Waals surface area contributed by atoms with Crippen LogP contribution in [-0.2, 0) is 23.7 Å². The van der Waals surface area contributed by atoms with Crippen LogP contribution in [0.15, 0.2) is 85.1 Å². The minimum absolute atomic E-state index is 0.112. The maximum Gasteiger partial charge on any atom is 0.306 e. The molecule has 0 aliphatic carbocycles. The van der Waals surface area contributed by atoms with Gasteiger partial charge in [0.15, 0.2) is 6.29 Å². The summed E-state index contributed by atoms with van der Waals surface area (Å²) in [4.78, 5) is 12.8. The smallest absolute Gasteiger partial charge is 0.306 e. The van der Waals surface area contributed by atoms with Crippen molar-refractivity contribution < 1.29 is 44.2 Å². The van der Waals surface area contributed by atoms with Gasteiger partial charge in [0.05, 0.1) is 19.8 Å². The Morgan fingerprint density at radius 1 is 0.500 bits per heavy atom. The van der Waals surface area contributed by atoms with Crippen LogP contribution in [-0.4, -0.2) is 89.6 Å². The van der Waals surface area contributed by atoms with Gasteiger partial charge in [0.25, 0.3) is 0 Å². The number of hydrogen-bond donors (Lipinski definition) is 4. The Morgan fingerprint density at radius 3 is 1.36 bits per heavy atom. The first-order valence-corrected chi connectivity index (χ1v) is 26.7. The Balaban J connectivity index is 2.24. The molecule has 1 aliphatic heterocycles. The SMILES string of the molecule is CC/C=C\C/C=C\C/C=C\C/C=C\C/C=C\C/C=C\C/C=C\CCCCOCC(COC1OC(CO)C(O)C(O)C1O)OC(=O)CCCCCCCCCCCCCCCCCCCCC. The molecular formula is C57H98O9. The van der Waals surface area contributed by atoms with Crippen LogP contribution < -0.4 is 0 Å². The molecule has 1 fully saturated rings. The monoisotopic (exact) mass is 927 g/mol. The number of allylic oxidation sites excluding steroid dienone is 14. The molecule has 1 rings (SSSR count). The molecule has 9 heteroatoms. The summed E-state index contributed by atoms with van der Waals surface area (Å²) in [5, 5.41) is 40.3. The van der Waals surface area contributed by atoms with Gasteiger partial charge in [0.1, 0.15) is 30.5 Å². The molecule has 380 valence electrons. The number of aliphatic hydroxyl groups is 4. The van der Waals surface area contributed by atoms with E-state index in [2.05, 4.69) is 98.9 Å². The van der Waals surface area contributed by atoms with Gasteiger partial charge in [0.2, 0.25) is 0 Å². The van der Waals surface area contributed by atoms with Crippen molar-refractivity contribution in [3.05, 3.63) is 85.1 Å². The number of aliphatic hydroxyl groups excluding tert-OH is 4. The molecule has 0 aromatic rings. The summed E-state index contributed by atoms with van der Waals surface area (Å²) < 4.78 is 22.9. The normalized spacial score (nSPS) is 20.0. The van der Waals surface area contributed by atoms with Crippen molar-refractivity contribution in [1.82, 2.24) is 0 Å². The Kier molecular flexibility index (Phi) is 44.1. The molecule has 6 atom stereocenters. The van der Waals surface area contributed by atoms with Gasteiger partial charge >= 0.3 is 5.97 Å². The second-order valence-electron chi connectivity index (χ2n) is 17.9. The first-order valence-electron chi connectivity index (χ1n) is 26.7. The number of unbranched alkanes of at least 4 members (excludes halogenated alkanes) is 20. The molecule has 1 saturated heterocycles. The lowest BCUT2D eigenvalue weighted by molar-refractivity contribution is -0.305. The number of carbonyl (C=O) groups is 1.